The zero-order valence-electron chi connectivity index (χ0n) is 13.2. The third-order valence-corrected chi connectivity index (χ3v) is 5.50. The summed E-state index contributed by atoms with van der Waals surface area (Å²) < 4.78 is 5.11. The lowest BCUT2D eigenvalue weighted by Crippen LogP contribution is -2.11. The number of nitrogens with zero attached hydrogens (tertiary/aromatic N) is 3. The summed E-state index contributed by atoms with van der Waals surface area (Å²) in [6, 6.07) is 1.54. The Kier molecular flexibility index (Phi) is 3.68. The van der Waals surface area contributed by atoms with Crippen LogP contribution in [-0.2, 0) is 19.4 Å². The lowest BCUT2D eigenvalue weighted by molar-refractivity contribution is 0.0991. The number of hydrogen-bond acceptors (Lipinski definition) is 7. The fourth-order valence-electron chi connectivity index (χ4n) is 3.09. The number of thiophene rings is 1. The molecule has 0 saturated carbocycles. The van der Waals surface area contributed by atoms with Crippen LogP contribution in [0.15, 0.2) is 16.9 Å². The van der Waals surface area contributed by atoms with E-state index >= 15 is 0 Å². The number of nitrogens with two attached hydrogens (primary N) is 1. The first-order valence-electron chi connectivity index (χ1n) is 7.86. The summed E-state index contributed by atoms with van der Waals surface area (Å²) in [5.41, 5.74) is 6.67. The van der Waals surface area contributed by atoms with Gasteiger partial charge in [0.25, 0.3) is 5.91 Å². The molecule has 0 saturated heterocycles. The van der Waals surface area contributed by atoms with Crippen molar-refractivity contribution in [2.75, 3.05) is 5.32 Å². The first-order chi connectivity index (χ1) is 11.6. The van der Waals surface area contributed by atoms with E-state index in [1.807, 2.05) is 0 Å². The highest BCUT2D eigenvalue weighted by Crippen LogP contribution is 2.39. The van der Waals surface area contributed by atoms with E-state index < -0.39 is 5.91 Å². The van der Waals surface area contributed by atoms with Gasteiger partial charge in [0.15, 0.2) is 11.5 Å². The van der Waals surface area contributed by atoms with Crippen molar-refractivity contribution in [2.45, 2.75) is 32.7 Å². The van der Waals surface area contributed by atoms with Crippen molar-refractivity contribution in [2.24, 2.45) is 11.7 Å². The number of hydrogen-bond donors (Lipinski definition) is 2. The van der Waals surface area contributed by atoms with Crippen LogP contribution >= 0.6 is 11.3 Å². The van der Waals surface area contributed by atoms with Crippen LogP contribution in [0.3, 0.4) is 0 Å². The maximum absolute atomic E-state index is 11.1. The fourth-order valence-corrected chi connectivity index (χ4v) is 4.44. The minimum absolute atomic E-state index is 0.126. The lowest BCUT2D eigenvalue weighted by atomic mass is 9.89. The zero-order chi connectivity index (χ0) is 16.7. The van der Waals surface area contributed by atoms with Gasteiger partial charge in [-0.15, -0.1) is 11.3 Å². The number of aromatic nitrogens is 3. The van der Waals surface area contributed by atoms with Gasteiger partial charge in [-0.2, -0.15) is 0 Å². The highest BCUT2D eigenvalue weighted by Gasteiger charge is 2.23. The number of nitrogens with one attached hydrogen (secondary N) is 1. The standard InChI is InChI=1S/C16H17N5O2S/c1-8-2-3-10-12(4-8)24-16-13(10)15(19-7-20-16)18-6-9-5-11(14(17)22)21-23-9/h5,7-8H,2-4,6H2,1H3,(H2,17,22)(H,18,19,20)/t8-/m1/s1. The molecule has 3 aromatic rings. The van der Waals surface area contributed by atoms with Crippen LogP contribution in [0.5, 0.6) is 0 Å². The van der Waals surface area contributed by atoms with Crippen molar-refractivity contribution in [1.82, 2.24) is 15.1 Å². The molecule has 0 fully saturated rings. The average molecular weight is 343 g/mol. The lowest BCUT2D eigenvalue weighted by Gasteiger charge is -2.18. The van der Waals surface area contributed by atoms with E-state index in [9.17, 15) is 4.79 Å². The molecule has 3 N–H and O–H groups in total. The summed E-state index contributed by atoms with van der Waals surface area (Å²) in [5, 5.41) is 8.02. The van der Waals surface area contributed by atoms with Crippen LogP contribution < -0.4 is 11.1 Å². The molecule has 3 aromatic heterocycles. The number of carbonyl (C=O) groups is 1. The van der Waals surface area contributed by atoms with E-state index in [2.05, 4.69) is 27.4 Å². The van der Waals surface area contributed by atoms with Gasteiger partial charge in [-0.05, 0) is 30.7 Å². The van der Waals surface area contributed by atoms with E-state index in [0.717, 1.165) is 34.8 Å². The molecule has 1 amide bonds. The maximum Gasteiger partial charge on any atom is 0.270 e. The third-order valence-electron chi connectivity index (χ3n) is 4.33. The summed E-state index contributed by atoms with van der Waals surface area (Å²) in [7, 11) is 0. The van der Waals surface area contributed by atoms with E-state index in [-0.39, 0.29) is 5.69 Å². The second-order valence-electron chi connectivity index (χ2n) is 6.15. The van der Waals surface area contributed by atoms with Crippen molar-refractivity contribution in [3.8, 4) is 0 Å². The summed E-state index contributed by atoms with van der Waals surface area (Å²) in [6.45, 7) is 2.67. The Hall–Kier alpha value is -2.48. The van der Waals surface area contributed by atoms with E-state index in [1.54, 1.807) is 23.7 Å². The number of anilines is 1. The molecule has 1 aliphatic carbocycles. The molecule has 124 valence electrons. The number of fused-ring (bicyclic) bond motifs is 3. The van der Waals surface area contributed by atoms with Gasteiger partial charge in [-0.25, -0.2) is 9.97 Å². The van der Waals surface area contributed by atoms with Crippen molar-refractivity contribution < 1.29 is 9.32 Å². The SMILES string of the molecule is C[C@@H]1CCc2c(sc3ncnc(NCc4cc(C(N)=O)no4)c23)C1. The highest BCUT2D eigenvalue weighted by atomic mass is 32.1. The second kappa shape index (κ2) is 5.86. The Morgan fingerprint density at radius 3 is 3.17 bits per heavy atom. The van der Waals surface area contributed by atoms with Crippen LogP contribution in [0.2, 0.25) is 0 Å². The maximum atomic E-state index is 11.1. The minimum Gasteiger partial charge on any atom is -0.364 e. The summed E-state index contributed by atoms with van der Waals surface area (Å²) in [5.74, 6) is 1.45. The molecule has 0 aromatic carbocycles. The molecule has 8 heteroatoms. The van der Waals surface area contributed by atoms with Crippen molar-refractivity contribution in [1.29, 1.82) is 0 Å². The molecule has 0 radical (unpaired) electrons. The first kappa shape index (κ1) is 15.1. The number of amides is 1. The van der Waals surface area contributed by atoms with E-state index in [4.69, 9.17) is 10.3 Å². The smallest absolute Gasteiger partial charge is 0.270 e. The van der Waals surface area contributed by atoms with Crippen LogP contribution in [0, 0.1) is 5.92 Å². The second-order valence-corrected chi connectivity index (χ2v) is 7.23. The van der Waals surface area contributed by atoms with Gasteiger partial charge >= 0.3 is 0 Å². The molecule has 24 heavy (non-hydrogen) atoms. The topological polar surface area (TPSA) is 107 Å². The molecule has 7 nitrogen and oxygen atoms in total. The summed E-state index contributed by atoms with van der Waals surface area (Å²) in [6.07, 6.45) is 4.94. The predicted molar refractivity (Wildman–Crippen MR) is 91.0 cm³/mol. The van der Waals surface area contributed by atoms with Crippen molar-refractivity contribution in [3.63, 3.8) is 0 Å². The normalized spacial score (nSPS) is 17.0. The minimum atomic E-state index is -0.601. The highest BCUT2D eigenvalue weighted by molar-refractivity contribution is 7.19. The number of aryl methyl sites for hydroxylation is 1. The van der Waals surface area contributed by atoms with Crippen LogP contribution in [0.1, 0.15) is 40.0 Å². The Morgan fingerprint density at radius 2 is 2.38 bits per heavy atom. The van der Waals surface area contributed by atoms with Crippen molar-refractivity contribution in [3.05, 3.63) is 34.3 Å². The van der Waals surface area contributed by atoms with Crippen molar-refractivity contribution >= 4 is 33.3 Å². The van der Waals surface area contributed by atoms with Gasteiger partial charge in [-0.1, -0.05) is 12.1 Å². The average Bonchev–Trinajstić information content (AvgIpc) is 3.16. The van der Waals surface area contributed by atoms with E-state index in [0.29, 0.717) is 12.3 Å². The monoisotopic (exact) mass is 343 g/mol. The molecule has 0 unspecified atom stereocenters. The first-order valence-corrected chi connectivity index (χ1v) is 8.68. The van der Waals surface area contributed by atoms with Crippen LogP contribution in [-0.4, -0.2) is 21.0 Å². The van der Waals surface area contributed by atoms with Gasteiger partial charge in [0.2, 0.25) is 0 Å². The molecule has 1 atom stereocenters. The number of primary amides is 1. The third kappa shape index (κ3) is 2.62. The quantitative estimate of drug-likeness (QED) is 0.754. The zero-order valence-corrected chi connectivity index (χ0v) is 14.0. The predicted octanol–water partition coefficient (Wildman–Crippen LogP) is 2.52. The molecular weight excluding hydrogens is 326 g/mol. The molecule has 4 rings (SSSR count). The number of rotatable bonds is 4. The molecular formula is C16H17N5O2S. The fraction of sp³-hybridized carbons (Fsp3) is 0.375. The Bertz CT molecular complexity index is 916. The molecule has 0 aliphatic heterocycles. The summed E-state index contributed by atoms with van der Waals surface area (Å²) in [4.78, 5) is 22.3. The van der Waals surface area contributed by atoms with E-state index in [1.165, 1.54) is 16.9 Å². The largest absolute Gasteiger partial charge is 0.364 e. The van der Waals surface area contributed by atoms with Gasteiger partial charge in [0, 0.05) is 10.9 Å². The van der Waals surface area contributed by atoms with Gasteiger partial charge < -0.3 is 15.6 Å². The molecule has 0 spiro atoms. The Balaban J connectivity index is 1.63. The molecule has 3 heterocycles. The Labute approximate surface area is 142 Å². The van der Waals surface area contributed by atoms with Crippen LogP contribution in [0.4, 0.5) is 5.82 Å². The van der Waals surface area contributed by atoms with Gasteiger partial charge in [-0.3, -0.25) is 4.79 Å². The Morgan fingerprint density at radius 1 is 1.50 bits per heavy atom. The summed E-state index contributed by atoms with van der Waals surface area (Å²) >= 11 is 1.76. The van der Waals surface area contributed by atoms with Gasteiger partial charge in [0.05, 0.1) is 11.9 Å². The van der Waals surface area contributed by atoms with Gasteiger partial charge in [0.1, 0.15) is 17.0 Å². The molecule has 0 bridgehead atoms. The number of carbonyl (C=O) groups excluding carboxylic acids is 1. The molecule has 1 aliphatic rings. The van der Waals surface area contributed by atoms with Crippen LogP contribution in [0.25, 0.3) is 10.2 Å².